The fourth-order valence-corrected chi connectivity index (χ4v) is 4.46. The third-order valence-corrected chi connectivity index (χ3v) is 6.50. The van der Waals surface area contributed by atoms with Crippen LogP contribution in [-0.2, 0) is 19.1 Å². The molecule has 1 saturated heterocycles. The van der Waals surface area contributed by atoms with Gasteiger partial charge in [-0.1, -0.05) is 43.7 Å². The lowest BCUT2D eigenvalue weighted by Gasteiger charge is -2.29. The average Bonchev–Trinajstić information content (AvgIpc) is 3.56. The number of carbonyl (C=O) groups is 4. The molecule has 0 radical (unpaired) electrons. The van der Waals surface area contributed by atoms with Gasteiger partial charge in [0.15, 0.2) is 5.82 Å². The molecule has 218 valence electrons. The number of nitrogens with zero attached hydrogens (tertiary/aromatic N) is 3. The zero-order valence-corrected chi connectivity index (χ0v) is 24.3. The number of imidazole rings is 1. The van der Waals surface area contributed by atoms with Crippen molar-refractivity contribution in [1.82, 2.24) is 25.1 Å². The summed E-state index contributed by atoms with van der Waals surface area (Å²) in [6.07, 6.45) is 5.39. The molecule has 2 aromatic rings. The van der Waals surface area contributed by atoms with E-state index in [4.69, 9.17) is 4.74 Å². The molecule has 40 heavy (non-hydrogen) atoms. The normalized spacial score (nSPS) is 15.2. The van der Waals surface area contributed by atoms with E-state index < -0.39 is 41.1 Å². The molecule has 3 N–H and O–H groups in total. The molecule has 11 nitrogen and oxygen atoms in total. The van der Waals surface area contributed by atoms with Gasteiger partial charge in [0.25, 0.3) is 0 Å². The summed E-state index contributed by atoms with van der Waals surface area (Å²) in [5.74, 6) is -0.732. The van der Waals surface area contributed by atoms with Gasteiger partial charge in [-0.3, -0.25) is 14.4 Å². The Labute approximate surface area is 236 Å². The van der Waals surface area contributed by atoms with Crippen LogP contribution in [0.15, 0.2) is 42.9 Å². The number of hydrogen-bond acceptors (Lipinski definition) is 6. The van der Waals surface area contributed by atoms with Gasteiger partial charge in [-0.05, 0) is 59.4 Å². The summed E-state index contributed by atoms with van der Waals surface area (Å²) in [4.78, 5) is 58.1. The van der Waals surface area contributed by atoms with Crippen molar-refractivity contribution in [2.45, 2.75) is 90.4 Å². The molecule has 1 aromatic heterocycles. The van der Waals surface area contributed by atoms with Crippen LogP contribution in [0.5, 0.6) is 0 Å². The average molecular weight is 555 g/mol. The lowest BCUT2D eigenvalue weighted by molar-refractivity contribution is -0.132. The molecular weight excluding hydrogens is 512 g/mol. The van der Waals surface area contributed by atoms with Gasteiger partial charge in [-0.25, -0.2) is 9.78 Å². The second kappa shape index (κ2) is 13.0. The molecule has 3 rings (SSSR count). The molecule has 0 spiro atoms. The van der Waals surface area contributed by atoms with Crippen molar-refractivity contribution in [3.05, 3.63) is 48.4 Å². The summed E-state index contributed by atoms with van der Waals surface area (Å²) in [6.45, 7) is 11.6. The van der Waals surface area contributed by atoms with Crippen LogP contribution in [-0.4, -0.2) is 68.5 Å². The number of alkyl carbamates (subject to hydrolysis) is 1. The molecule has 2 atom stereocenters. The minimum absolute atomic E-state index is 0.0187. The van der Waals surface area contributed by atoms with Crippen molar-refractivity contribution >= 4 is 29.6 Å². The van der Waals surface area contributed by atoms with E-state index in [0.29, 0.717) is 12.8 Å². The van der Waals surface area contributed by atoms with Crippen LogP contribution in [0, 0.1) is 0 Å². The Morgan fingerprint density at radius 3 is 2.27 bits per heavy atom. The topological polar surface area (TPSA) is 135 Å². The highest BCUT2D eigenvalue weighted by atomic mass is 16.6. The Hall–Kier alpha value is -3.89. The summed E-state index contributed by atoms with van der Waals surface area (Å²) >= 11 is 0. The van der Waals surface area contributed by atoms with E-state index in [2.05, 4.69) is 20.9 Å². The Balaban J connectivity index is 1.72. The zero-order chi connectivity index (χ0) is 29.5. The number of hydrogen-bond donors (Lipinski definition) is 3. The standard InChI is InChI=1S/C29H42N6O5/c1-7-13-21(31-26(38)29(5,6)33-27(39)40-28(2,3)4)24(36)32-22-18-35(19-30-22)23(20-14-9-8-10-15-20)25(37)34-16-11-12-17-34/h8-10,14-15,18-19,21,23H,7,11-13,16-17H2,1-6H3,(H,31,38)(H,32,36)(H,33,39)/t21-,23?/m1/s1. The van der Waals surface area contributed by atoms with E-state index in [1.807, 2.05) is 42.2 Å². The molecule has 11 heteroatoms. The molecular formula is C29H42N6O5. The fraction of sp³-hybridized carbons (Fsp3) is 0.552. The second-order valence-corrected chi connectivity index (χ2v) is 11.6. The first-order chi connectivity index (χ1) is 18.8. The van der Waals surface area contributed by atoms with Crippen molar-refractivity contribution in [3.8, 4) is 0 Å². The predicted octanol–water partition coefficient (Wildman–Crippen LogP) is 3.62. The molecule has 0 bridgehead atoms. The number of aromatic nitrogens is 2. The van der Waals surface area contributed by atoms with E-state index in [1.54, 1.807) is 31.5 Å². The molecule has 1 aliphatic heterocycles. The van der Waals surface area contributed by atoms with Gasteiger partial charge >= 0.3 is 6.09 Å². The lowest BCUT2D eigenvalue weighted by atomic mass is 10.0. The van der Waals surface area contributed by atoms with Crippen molar-refractivity contribution in [1.29, 1.82) is 0 Å². The maximum absolute atomic E-state index is 13.4. The number of carbonyl (C=O) groups excluding carboxylic acids is 4. The molecule has 0 saturated carbocycles. The van der Waals surface area contributed by atoms with Crippen LogP contribution < -0.4 is 16.0 Å². The van der Waals surface area contributed by atoms with Gasteiger partial charge in [-0.15, -0.1) is 0 Å². The highest BCUT2D eigenvalue weighted by molar-refractivity contribution is 5.98. The fourth-order valence-electron chi connectivity index (χ4n) is 4.46. The SMILES string of the molecule is CCC[C@@H](NC(=O)C(C)(C)NC(=O)OC(C)(C)C)C(=O)Nc1cn(C(C(=O)N2CCCC2)c2ccccc2)cn1. The molecule has 2 heterocycles. The van der Waals surface area contributed by atoms with E-state index in [0.717, 1.165) is 31.5 Å². The van der Waals surface area contributed by atoms with E-state index in [1.165, 1.54) is 20.2 Å². The number of nitrogens with one attached hydrogen (secondary N) is 3. The first-order valence-corrected chi connectivity index (χ1v) is 13.8. The molecule has 0 aliphatic carbocycles. The summed E-state index contributed by atoms with van der Waals surface area (Å²) < 4.78 is 6.96. The number of anilines is 1. The van der Waals surface area contributed by atoms with Crippen molar-refractivity contribution in [2.75, 3.05) is 18.4 Å². The summed E-state index contributed by atoms with van der Waals surface area (Å²) in [5.41, 5.74) is -1.22. The zero-order valence-electron chi connectivity index (χ0n) is 24.3. The molecule has 1 aliphatic rings. The van der Waals surface area contributed by atoms with Gasteiger partial charge in [0.2, 0.25) is 17.7 Å². The van der Waals surface area contributed by atoms with Gasteiger partial charge in [0, 0.05) is 19.3 Å². The maximum Gasteiger partial charge on any atom is 0.408 e. The van der Waals surface area contributed by atoms with E-state index >= 15 is 0 Å². The van der Waals surface area contributed by atoms with Gasteiger partial charge in [-0.2, -0.15) is 0 Å². The van der Waals surface area contributed by atoms with Crippen LogP contribution >= 0.6 is 0 Å². The maximum atomic E-state index is 13.4. The van der Waals surface area contributed by atoms with Gasteiger partial charge < -0.3 is 30.2 Å². The van der Waals surface area contributed by atoms with Crippen molar-refractivity contribution in [3.63, 3.8) is 0 Å². The largest absolute Gasteiger partial charge is 0.444 e. The number of amides is 4. The quantitative estimate of drug-likeness (QED) is 0.411. The number of rotatable bonds is 10. The molecule has 4 amide bonds. The van der Waals surface area contributed by atoms with E-state index in [9.17, 15) is 19.2 Å². The lowest BCUT2D eigenvalue weighted by Crippen LogP contribution is -2.58. The molecule has 1 fully saturated rings. The third-order valence-electron chi connectivity index (χ3n) is 6.50. The predicted molar refractivity (Wildman–Crippen MR) is 152 cm³/mol. The van der Waals surface area contributed by atoms with Gasteiger partial charge in [0.05, 0.1) is 6.33 Å². The van der Waals surface area contributed by atoms with Crippen molar-refractivity contribution in [2.24, 2.45) is 0 Å². The Morgan fingerprint density at radius 2 is 1.68 bits per heavy atom. The highest BCUT2D eigenvalue weighted by Gasteiger charge is 2.34. The smallest absolute Gasteiger partial charge is 0.408 e. The molecule has 1 unspecified atom stereocenters. The van der Waals surface area contributed by atoms with Crippen LogP contribution in [0.25, 0.3) is 0 Å². The number of benzene rings is 1. The minimum atomic E-state index is -1.32. The second-order valence-electron chi connectivity index (χ2n) is 11.6. The van der Waals surface area contributed by atoms with Crippen LogP contribution in [0.4, 0.5) is 10.6 Å². The molecule has 1 aromatic carbocycles. The van der Waals surface area contributed by atoms with Crippen LogP contribution in [0.2, 0.25) is 0 Å². The van der Waals surface area contributed by atoms with Gasteiger partial charge in [0.1, 0.15) is 23.2 Å². The Bertz CT molecular complexity index is 1180. The highest BCUT2D eigenvalue weighted by Crippen LogP contribution is 2.24. The number of likely N-dealkylation sites (tertiary alicyclic amines) is 1. The minimum Gasteiger partial charge on any atom is -0.444 e. The monoisotopic (exact) mass is 554 g/mol. The first kappa shape index (κ1) is 30.6. The van der Waals surface area contributed by atoms with Crippen LogP contribution in [0.1, 0.15) is 78.8 Å². The summed E-state index contributed by atoms with van der Waals surface area (Å²) in [6, 6.07) is 8.00. The summed E-state index contributed by atoms with van der Waals surface area (Å²) in [5, 5.41) is 8.07. The third kappa shape index (κ3) is 8.30. The van der Waals surface area contributed by atoms with Crippen LogP contribution in [0.3, 0.4) is 0 Å². The first-order valence-electron chi connectivity index (χ1n) is 13.8. The Morgan fingerprint density at radius 1 is 1.02 bits per heavy atom. The van der Waals surface area contributed by atoms with Crippen molar-refractivity contribution < 1.29 is 23.9 Å². The Kier molecular flexibility index (Phi) is 9.94. The van der Waals surface area contributed by atoms with E-state index in [-0.39, 0.29) is 11.7 Å². The summed E-state index contributed by atoms with van der Waals surface area (Å²) in [7, 11) is 0. The number of ether oxygens (including phenoxy) is 1.